The van der Waals surface area contributed by atoms with Crippen LogP contribution >= 0.6 is 0 Å². The molecule has 68 heavy (non-hydrogen) atoms. The van der Waals surface area contributed by atoms with Gasteiger partial charge < -0.3 is 39.0 Å². The zero-order valence-electron chi connectivity index (χ0n) is 40.4. The molecule has 3 aromatic carbocycles. The van der Waals surface area contributed by atoms with Crippen molar-refractivity contribution < 1.29 is 48.0 Å². The van der Waals surface area contributed by atoms with Crippen LogP contribution in [0.1, 0.15) is 133 Å². The summed E-state index contributed by atoms with van der Waals surface area (Å²) in [6.07, 6.45) is 8.04. The molecule has 3 aliphatic heterocycles. The van der Waals surface area contributed by atoms with E-state index in [4.69, 9.17) is 23.7 Å². The zero-order chi connectivity index (χ0) is 48.0. The number of ether oxygens (including phenoxy) is 5. The number of carbonyl (C=O) groups is 4. The number of nitrogens with one attached hydrogen (secondary N) is 1. The number of carbonyl (C=O) groups excluding carboxylic acids is 4. The van der Waals surface area contributed by atoms with Gasteiger partial charge in [0.15, 0.2) is 0 Å². The van der Waals surface area contributed by atoms with E-state index in [9.17, 15) is 24.3 Å². The number of aliphatic hydroxyl groups is 1. The Morgan fingerprint density at radius 2 is 1.59 bits per heavy atom. The fourth-order valence-electron chi connectivity index (χ4n) is 11.7. The van der Waals surface area contributed by atoms with Crippen LogP contribution in [0.2, 0.25) is 0 Å². The number of benzene rings is 3. The number of rotatable bonds is 12. The Morgan fingerprint density at radius 1 is 0.897 bits per heavy atom. The number of fused-ring (bicyclic) bond motifs is 3. The van der Waals surface area contributed by atoms with E-state index >= 15 is 0 Å². The number of aliphatic hydroxyl groups excluding tert-OH is 1. The van der Waals surface area contributed by atoms with E-state index in [0.29, 0.717) is 42.4 Å². The molecular formula is C56H68N2O10. The van der Waals surface area contributed by atoms with Gasteiger partial charge in [-0.1, -0.05) is 104 Å². The summed E-state index contributed by atoms with van der Waals surface area (Å²) in [7, 11) is 0. The largest absolute Gasteiger partial charge is 0.460 e. The highest BCUT2D eigenvalue weighted by molar-refractivity contribution is 5.98. The Labute approximate surface area is 400 Å². The summed E-state index contributed by atoms with van der Waals surface area (Å²) < 4.78 is 32.3. The molecule has 9 rings (SSSR count). The van der Waals surface area contributed by atoms with Crippen molar-refractivity contribution in [1.82, 2.24) is 10.2 Å². The van der Waals surface area contributed by atoms with Crippen molar-refractivity contribution in [2.75, 3.05) is 13.2 Å². The molecule has 3 heterocycles. The van der Waals surface area contributed by atoms with E-state index in [0.717, 1.165) is 48.8 Å². The first-order valence-corrected chi connectivity index (χ1v) is 24.8. The maximum absolute atomic E-state index is 14.8. The normalized spacial score (nSPS) is 30.2. The molecule has 3 aromatic rings. The molecule has 3 saturated heterocycles. The van der Waals surface area contributed by atoms with Crippen LogP contribution in [0.25, 0.3) is 6.08 Å². The van der Waals surface area contributed by atoms with E-state index in [1.165, 1.54) is 5.57 Å². The maximum Gasteiger partial charge on any atom is 0.339 e. The lowest BCUT2D eigenvalue weighted by Gasteiger charge is -2.53. The Bertz CT molecular complexity index is 2390. The third-order valence-electron chi connectivity index (χ3n) is 15.3. The van der Waals surface area contributed by atoms with Gasteiger partial charge in [0.2, 0.25) is 17.6 Å². The standard InChI is InChI=1S/C56H68N2O10/c1-53(2,3)67-48(60)26-24-40(34-59)57-50(61)44-22-15-29-58(44)51(62)37-31-45(49-46(32-37)65-56(68-49,38-17-9-7-10-18-38)39-19-11-8-12-20-39)64-52(63)41-21-14-13-16-35(41)30-36-23-25-47-55(6,66-47)28-27-43-42(36)33-54(43,4)5/h7-14,16-21,30,32,40,42-47,49,59H,15,22-29,31,33-34H2,1-6H3,(H,57,61). The molecular weight excluding hydrogens is 861 g/mol. The lowest BCUT2D eigenvalue weighted by atomic mass is 9.52. The topological polar surface area (TPSA) is 153 Å². The Balaban J connectivity index is 0.996. The van der Waals surface area contributed by atoms with Gasteiger partial charge in [0, 0.05) is 36.1 Å². The minimum absolute atomic E-state index is 0.0117. The number of epoxide rings is 1. The van der Waals surface area contributed by atoms with Gasteiger partial charge in [-0.05, 0) is 114 Å². The van der Waals surface area contributed by atoms with Gasteiger partial charge in [0.1, 0.15) is 30.0 Å². The van der Waals surface area contributed by atoms with Crippen LogP contribution < -0.4 is 5.32 Å². The predicted molar refractivity (Wildman–Crippen MR) is 256 cm³/mol. The number of hydrogen-bond acceptors (Lipinski definition) is 10. The van der Waals surface area contributed by atoms with Crippen LogP contribution in [0.3, 0.4) is 0 Å². The third-order valence-corrected chi connectivity index (χ3v) is 15.3. The van der Waals surface area contributed by atoms with Crippen LogP contribution in [0.15, 0.2) is 102 Å². The minimum atomic E-state index is -1.39. The molecule has 2 N–H and O–H groups in total. The number of likely N-dealkylation sites (tertiary alicyclic amines) is 1. The van der Waals surface area contributed by atoms with Gasteiger partial charge in [-0.3, -0.25) is 14.4 Å². The van der Waals surface area contributed by atoms with Crippen molar-refractivity contribution in [3.63, 3.8) is 0 Å². The summed E-state index contributed by atoms with van der Waals surface area (Å²) in [6.45, 7) is 12.3. The van der Waals surface area contributed by atoms with Gasteiger partial charge in [-0.15, -0.1) is 0 Å². The Morgan fingerprint density at radius 3 is 2.26 bits per heavy atom. The molecule has 6 aliphatic rings. The minimum Gasteiger partial charge on any atom is -0.460 e. The van der Waals surface area contributed by atoms with E-state index in [-0.39, 0.29) is 48.9 Å². The summed E-state index contributed by atoms with van der Waals surface area (Å²) in [5.74, 6) is -2.15. The van der Waals surface area contributed by atoms with E-state index in [1.807, 2.05) is 78.9 Å². The Kier molecular flexibility index (Phi) is 13.4. The number of hydrogen-bond donors (Lipinski definition) is 2. The second-order valence-corrected chi connectivity index (χ2v) is 21.7. The summed E-state index contributed by atoms with van der Waals surface area (Å²) >= 11 is 0. The van der Waals surface area contributed by atoms with Crippen molar-refractivity contribution in [2.24, 2.45) is 17.3 Å². The SMILES string of the molecule is CC(C)(C)OC(=O)CCC(CO)NC(=O)C1CCCN1C(=O)C1=CC2OC(c3ccccc3)(c3ccccc3)OC2C(OC(=O)c2ccccc2C=C2CCC3OC3(C)CCC3C2CC3(C)C)C1. The van der Waals surface area contributed by atoms with Crippen molar-refractivity contribution in [3.05, 3.63) is 124 Å². The fourth-order valence-corrected chi connectivity index (χ4v) is 11.7. The van der Waals surface area contributed by atoms with Crippen molar-refractivity contribution >= 4 is 29.8 Å². The number of allylic oxidation sites excluding steroid dienone is 1. The van der Waals surface area contributed by atoms with Crippen LogP contribution in [0.4, 0.5) is 0 Å². The van der Waals surface area contributed by atoms with Crippen molar-refractivity contribution in [2.45, 2.75) is 159 Å². The summed E-state index contributed by atoms with van der Waals surface area (Å²) in [6, 6.07) is 25.3. The lowest BCUT2D eigenvalue weighted by Crippen LogP contribution is -2.51. The summed E-state index contributed by atoms with van der Waals surface area (Å²) in [5, 5.41) is 13.1. The molecule has 5 fully saturated rings. The monoisotopic (exact) mass is 928 g/mol. The fraction of sp³-hybridized carbons (Fsp3) is 0.536. The molecule has 2 amide bonds. The maximum atomic E-state index is 14.8. The van der Waals surface area contributed by atoms with E-state index in [2.05, 4.69) is 32.2 Å². The number of nitrogens with zero attached hydrogens (tertiary/aromatic N) is 1. The first-order valence-electron chi connectivity index (χ1n) is 24.8. The second kappa shape index (κ2) is 19.0. The highest BCUT2D eigenvalue weighted by atomic mass is 16.8. The number of esters is 2. The Hall–Kier alpha value is -5.14. The molecule has 0 aromatic heterocycles. The molecule has 0 bridgehead atoms. The van der Waals surface area contributed by atoms with Gasteiger partial charge in [0.25, 0.3) is 0 Å². The smallest absolute Gasteiger partial charge is 0.339 e. The summed E-state index contributed by atoms with van der Waals surface area (Å²) in [5.41, 5.74) is 3.94. The highest BCUT2D eigenvalue weighted by Crippen LogP contribution is 2.60. The van der Waals surface area contributed by atoms with Crippen LogP contribution in [0, 0.1) is 17.3 Å². The highest BCUT2D eigenvalue weighted by Gasteiger charge is 2.57. The quantitative estimate of drug-likeness (QED) is 0.133. The van der Waals surface area contributed by atoms with Gasteiger partial charge in [0.05, 0.1) is 29.9 Å². The predicted octanol–water partition coefficient (Wildman–Crippen LogP) is 8.59. The van der Waals surface area contributed by atoms with Gasteiger partial charge in [-0.2, -0.15) is 0 Å². The molecule has 0 radical (unpaired) electrons. The van der Waals surface area contributed by atoms with Gasteiger partial charge >= 0.3 is 11.9 Å². The van der Waals surface area contributed by atoms with Crippen LogP contribution in [0.5, 0.6) is 0 Å². The first kappa shape index (κ1) is 47.9. The third kappa shape index (κ3) is 9.84. The first-order chi connectivity index (χ1) is 32.5. The van der Waals surface area contributed by atoms with Crippen molar-refractivity contribution in [3.8, 4) is 0 Å². The molecule has 3 aliphatic carbocycles. The van der Waals surface area contributed by atoms with Crippen molar-refractivity contribution in [1.29, 1.82) is 0 Å². The summed E-state index contributed by atoms with van der Waals surface area (Å²) in [4.78, 5) is 57.5. The van der Waals surface area contributed by atoms with E-state index < -0.39 is 59.6 Å². The van der Waals surface area contributed by atoms with Gasteiger partial charge in [-0.25, -0.2) is 4.79 Å². The molecule has 12 nitrogen and oxygen atoms in total. The molecule has 0 spiro atoms. The van der Waals surface area contributed by atoms with Crippen LogP contribution in [-0.2, 0) is 43.9 Å². The molecule has 362 valence electrons. The average Bonchev–Trinajstić information content (AvgIpc) is 3.60. The van der Waals surface area contributed by atoms with Crippen LogP contribution in [-0.4, -0.2) is 94.6 Å². The average molecular weight is 929 g/mol. The molecule has 9 atom stereocenters. The molecule has 12 heteroatoms. The zero-order valence-corrected chi connectivity index (χ0v) is 40.4. The van der Waals surface area contributed by atoms with E-state index in [1.54, 1.807) is 37.8 Å². The second-order valence-electron chi connectivity index (χ2n) is 21.7. The molecule has 2 saturated carbocycles. The molecule has 9 unspecified atom stereocenters. The number of amides is 2. The lowest BCUT2D eigenvalue weighted by molar-refractivity contribution is -0.157.